The summed E-state index contributed by atoms with van der Waals surface area (Å²) >= 11 is 6.10. The molecule has 0 bridgehead atoms. The maximum absolute atomic E-state index is 12.7. The number of nitro benzene ring substituents is 1. The van der Waals surface area contributed by atoms with Crippen LogP contribution < -0.4 is 15.8 Å². The van der Waals surface area contributed by atoms with Gasteiger partial charge in [0.05, 0.1) is 28.3 Å². The molecule has 1 saturated heterocycles. The molecule has 0 atom stereocenters. The first kappa shape index (κ1) is 30.7. The molecular formula is C29H42ClN5O4. The van der Waals surface area contributed by atoms with Crippen molar-refractivity contribution in [3.63, 3.8) is 0 Å². The van der Waals surface area contributed by atoms with E-state index in [0.29, 0.717) is 34.5 Å². The number of non-ortho nitro benzene ring substituents is 1. The largest absolute Gasteiger partial charge is 0.496 e. The van der Waals surface area contributed by atoms with Crippen LogP contribution in [0.25, 0.3) is 0 Å². The van der Waals surface area contributed by atoms with E-state index >= 15 is 0 Å². The van der Waals surface area contributed by atoms with E-state index in [1.165, 1.54) is 26.4 Å². The van der Waals surface area contributed by atoms with Gasteiger partial charge in [0.25, 0.3) is 11.6 Å². The molecule has 2 aromatic carbocycles. The molecule has 9 nitrogen and oxygen atoms in total. The Hall–Kier alpha value is -2.88. The van der Waals surface area contributed by atoms with Crippen LogP contribution in [0, 0.1) is 16.0 Å². The molecule has 1 amide bonds. The van der Waals surface area contributed by atoms with Crippen molar-refractivity contribution in [3.05, 3.63) is 62.7 Å². The van der Waals surface area contributed by atoms with E-state index in [-0.39, 0.29) is 16.5 Å². The summed E-state index contributed by atoms with van der Waals surface area (Å²) in [5, 5.41) is 14.2. The average Bonchev–Trinajstić information content (AvgIpc) is 2.94. The Balaban J connectivity index is 1.26. The van der Waals surface area contributed by atoms with Crippen molar-refractivity contribution in [2.24, 2.45) is 5.92 Å². The first-order valence-corrected chi connectivity index (χ1v) is 14.3. The van der Waals surface area contributed by atoms with Gasteiger partial charge in [-0.05, 0) is 76.0 Å². The van der Waals surface area contributed by atoms with Crippen LogP contribution in [0.4, 0.5) is 11.4 Å². The lowest BCUT2D eigenvalue weighted by molar-refractivity contribution is -0.384. The monoisotopic (exact) mass is 559 g/mol. The number of carbonyl (C=O) groups excluding carboxylic acids is 1. The molecule has 3 N–H and O–H groups in total. The molecule has 0 spiro atoms. The molecule has 0 radical (unpaired) electrons. The molecule has 3 rings (SSSR count). The van der Waals surface area contributed by atoms with Crippen LogP contribution in [0.1, 0.15) is 61.4 Å². The summed E-state index contributed by atoms with van der Waals surface area (Å²) in [6, 6.07) is 10.0. The summed E-state index contributed by atoms with van der Waals surface area (Å²) in [4.78, 5) is 28.1. The van der Waals surface area contributed by atoms with Gasteiger partial charge in [-0.1, -0.05) is 43.5 Å². The maximum atomic E-state index is 12.7. The van der Waals surface area contributed by atoms with Gasteiger partial charge in [-0.15, -0.1) is 0 Å². The number of nitrogens with one attached hydrogen (secondary N) is 1. The number of nitrogens with zero attached hydrogens (tertiary/aromatic N) is 3. The predicted molar refractivity (Wildman–Crippen MR) is 156 cm³/mol. The number of halogens is 1. The zero-order valence-electron chi connectivity index (χ0n) is 23.2. The molecular weight excluding hydrogens is 518 g/mol. The Morgan fingerprint density at radius 1 is 1.18 bits per heavy atom. The lowest BCUT2D eigenvalue weighted by atomic mass is 9.96. The predicted octanol–water partition coefficient (Wildman–Crippen LogP) is 5.36. The molecule has 0 aromatic heterocycles. The quantitative estimate of drug-likeness (QED) is 0.131. The second-order valence-electron chi connectivity index (χ2n) is 10.3. The van der Waals surface area contributed by atoms with Crippen molar-refractivity contribution in [2.75, 3.05) is 52.1 Å². The van der Waals surface area contributed by atoms with E-state index in [4.69, 9.17) is 22.1 Å². The van der Waals surface area contributed by atoms with Gasteiger partial charge in [0.1, 0.15) is 5.75 Å². The summed E-state index contributed by atoms with van der Waals surface area (Å²) in [5.74, 6) is 0.706. The van der Waals surface area contributed by atoms with Crippen LogP contribution >= 0.6 is 11.6 Å². The molecule has 1 aliphatic heterocycles. The van der Waals surface area contributed by atoms with Gasteiger partial charge in [0, 0.05) is 31.3 Å². The standard InChI is InChI=1S/C29H42ClN5O4/c1-3-33(21-23-8-10-24(11-9-23)35(37)38)14-6-4-5-7-15-34-16-12-22(13-17-34)20-32-29(36)25-18-26(30)27(31)19-28(25)39-2/h8-11,18-19,22H,3-7,12-17,20-21,31H2,1-2H3,(H,32,36). The summed E-state index contributed by atoms with van der Waals surface area (Å²) in [5.41, 5.74) is 7.86. The van der Waals surface area contributed by atoms with E-state index in [0.717, 1.165) is 64.1 Å². The number of unbranched alkanes of at least 4 members (excludes halogenated alkanes) is 3. The zero-order valence-corrected chi connectivity index (χ0v) is 23.9. The Bertz CT molecular complexity index is 1070. The van der Waals surface area contributed by atoms with Crippen molar-refractivity contribution < 1.29 is 14.5 Å². The fraction of sp³-hybridized carbons (Fsp3) is 0.552. The summed E-state index contributed by atoms with van der Waals surface area (Å²) in [7, 11) is 1.51. The molecule has 1 aliphatic rings. The van der Waals surface area contributed by atoms with Crippen molar-refractivity contribution in [1.29, 1.82) is 0 Å². The Labute approximate surface area is 236 Å². The minimum atomic E-state index is -0.359. The van der Waals surface area contributed by atoms with Gasteiger partial charge in [-0.2, -0.15) is 0 Å². The summed E-state index contributed by atoms with van der Waals surface area (Å²) in [6.45, 7) is 8.89. The van der Waals surface area contributed by atoms with Crippen LogP contribution in [-0.2, 0) is 6.54 Å². The number of hydrogen-bond acceptors (Lipinski definition) is 7. The van der Waals surface area contributed by atoms with E-state index in [1.807, 2.05) is 12.1 Å². The Morgan fingerprint density at radius 2 is 1.87 bits per heavy atom. The van der Waals surface area contributed by atoms with Crippen molar-refractivity contribution in [2.45, 2.75) is 52.0 Å². The third-order valence-corrected chi connectivity index (χ3v) is 7.85. The Kier molecular flexibility index (Phi) is 12.3. The van der Waals surface area contributed by atoms with Crippen LogP contribution in [0.5, 0.6) is 5.75 Å². The van der Waals surface area contributed by atoms with Crippen LogP contribution in [0.3, 0.4) is 0 Å². The molecule has 2 aromatic rings. The van der Waals surface area contributed by atoms with Gasteiger partial charge in [-0.25, -0.2) is 0 Å². The minimum absolute atomic E-state index is 0.138. The van der Waals surface area contributed by atoms with E-state index in [1.54, 1.807) is 24.3 Å². The molecule has 0 unspecified atom stereocenters. The molecule has 0 aliphatic carbocycles. The van der Waals surface area contributed by atoms with Gasteiger partial charge in [0.2, 0.25) is 0 Å². The second kappa shape index (κ2) is 15.6. The summed E-state index contributed by atoms with van der Waals surface area (Å²) in [6.07, 6.45) is 6.94. The number of hydrogen-bond donors (Lipinski definition) is 2. The molecule has 1 fully saturated rings. The normalized spacial score (nSPS) is 14.5. The highest BCUT2D eigenvalue weighted by atomic mass is 35.5. The van der Waals surface area contributed by atoms with Gasteiger partial charge in [0.15, 0.2) is 0 Å². The van der Waals surface area contributed by atoms with Gasteiger partial charge >= 0.3 is 0 Å². The first-order valence-electron chi connectivity index (χ1n) is 13.9. The first-order chi connectivity index (χ1) is 18.8. The van der Waals surface area contributed by atoms with E-state index in [2.05, 4.69) is 22.0 Å². The zero-order chi connectivity index (χ0) is 28.2. The SMILES string of the molecule is CCN(CCCCCCN1CCC(CNC(=O)c2cc(Cl)c(N)cc2OC)CC1)Cc1ccc([N+](=O)[O-])cc1. The number of nitrogen functional groups attached to an aromatic ring is 1. The highest BCUT2D eigenvalue weighted by Crippen LogP contribution is 2.29. The van der Waals surface area contributed by atoms with Crippen LogP contribution in [0.15, 0.2) is 36.4 Å². The van der Waals surface area contributed by atoms with Crippen molar-refractivity contribution in [1.82, 2.24) is 15.1 Å². The number of benzene rings is 2. The second-order valence-corrected chi connectivity index (χ2v) is 10.7. The van der Waals surface area contributed by atoms with E-state index in [9.17, 15) is 14.9 Å². The highest BCUT2D eigenvalue weighted by Gasteiger charge is 2.21. The minimum Gasteiger partial charge on any atom is -0.496 e. The smallest absolute Gasteiger partial charge is 0.269 e. The Morgan fingerprint density at radius 3 is 2.51 bits per heavy atom. The lowest BCUT2D eigenvalue weighted by Crippen LogP contribution is -2.39. The number of amides is 1. The highest BCUT2D eigenvalue weighted by molar-refractivity contribution is 6.33. The third kappa shape index (κ3) is 9.67. The number of piperidine rings is 1. The maximum Gasteiger partial charge on any atom is 0.269 e. The topological polar surface area (TPSA) is 114 Å². The summed E-state index contributed by atoms with van der Waals surface area (Å²) < 4.78 is 5.29. The number of methoxy groups -OCH3 is 1. The van der Waals surface area contributed by atoms with Crippen molar-refractivity contribution in [3.8, 4) is 5.75 Å². The molecule has 10 heteroatoms. The molecule has 1 heterocycles. The van der Waals surface area contributed by atoms with Gasteiger partial charge < -0.3 is 20.7 Å². The van der Waals surface area contributed by atoms with E-state index < -0.39 is 0 Å². The number of rotatable bonds is 15. The number of ether oxygens (including phenoxy) is 1. The third-order valence-electron chi connectivity index (χ3n) is 7.52. The van der Waals surface area contributed by atoms with Crippen LogP contribution in [-0.4, -0.2) is 67.0 Å². The molecule has 0 saturated carbocycles. The number of nitrogens with two attached hydrogens (primary N) is 1. The fourth-order valence-corrected chi connectivity index (χ4v) is 5.18. The van der Waals surface area contributed by atoms with Gasteiger partial charge in [-0.3, -0.25) is 19.8 Å². The number of carbonyl (C=O) groups is 1. The lowest BCUT2D eigenvalue weighted by Gasteiger charge is -2.32. The number of anilines is 1. The van der Waals surface area contributed by atoms with Crippen LogP contribution in [0.2, 0.25) is 5.02 Å². The van der Waals surface area contributed by atoms with Crippen molar-refractivity contribution >= 4 is 28.9 Å². The fourth-order valence-electron chi connectivity index (χ4n) is 5.02. The molecule has 214 valence electrons. The number of likely N-dealkylation sites (tertiary alicyclic amines) is 1. The molecule has 39 heavy (non-hydrogen) atoms. The average molecular weight is 560 g/mol. The number of nitro groups is 1.